The SMILES string of the molecule is CNCCCS(=O)(=O)Nc1cc(Cl)cc(C(F)(F)F)c1. The van der Waals surface area contributed by atoms with E-state index in [0.717, 1.165) is 12.1 Å². The molecule has 4 nitrogen and oxygen atoms in total. The topological polar surface area (TPSA) is 58.2 Å². The van der Waals surface area contributed by atoms with Crippen LogP contribution in [0.4, 0.5) is 18.9 Å². The zero-order valence-electron chi connectivity index (χ0n) is 10.6. The molecule has 0 spiro atoms. The number of anilines is 1. The number of benzene rings is 1. The van der Waals surface area contributed by atoms with Crippen LogP contribution in [0, 0.1) is 0 Å². The Balaban J connectivity index is 2.90. The van der Waals surface area contributed by atoms with Crippen molar-refractivity contribution in [1.82, 2.24) is 5.32 Å². The largest absolute Gasteiger partial charge is 0.416 e. The van der Waals surface area contributed by atoms with Crippen LogP contribution in [0.2, 0.25) is 5.02 Å². The fourth-order valence-corrected chi connectivity index (χ4v) is 2.82. The van der Waals surface area contributed by atoms with Gasteiger partial charge in [0, 0.05) is 5.02 Å². The second-order valence-electron chi connectivity index (χ2n) is 4.10. The molecule has 0 bridgehead atoms. The maximum Gasteiger partial charge on any atom is 0.416 e. The summed E-state index contributed by atoms with van der Waals surface area (Å²) in [5.74, 6) is -0.193. The van der Waals surface area contributed by atoms with Gasteiger partial charge in [-0.15, -0.1) is 0 Å². The van der Waals surface area contributed by atoms with Gasteiger partial charge in [0.25, 0.3) is 0 Å². The highest BCUT2D eigenvalue weighted by Crippen LogP contribution is 2.33. The van der Waals surface area contributed by atoms with Crippen LogP contribution in [0.5, 0.6) is 0 Å². The molecule has 0 radical (unpaired) electrons. The first kappa shape index (κ1) is 17.1. The molecule has 9 heteroatoms. The number of nitrogens with one attached hydrogen (secondary N) is 2. The normalized spacial score (nSPS) is 12.4. The van der Waals surface area contributed by atoms with E-state index >= 15 is 0 Å². The molecule has 0 atom stereocenters. The van der Waals surface area contributed by atoms with Gasteiger partial charge in [-0.25, -0.2) is 8.42 Å². The van der Waals surface area contributed by atoms with E-state index in [-0.39, 0.29) is 16.5 Å². The summed E-state index contributed by atoms with van der Waals surface area (Å²) in [6, 6.07) is 2.58. The van der Waals surface area contributed by atoms with Gasteiger partial charge in [0.2, 0.25) is 10.0 Å². The van der Waals surface area contributed by atoms with Crippen LogP contribution in [-0.4, -0.2) is 27.8 Å². The van der Waals surface area contributed by atoms with E-state index in [9.17, 15) is 21.6 Å². The minimum Gasteiger partial charge on any atom is -0.320 e. The first-order valence-corrected chi connectivity index (χ1v) is 7.70. The minimum atomic E-state index is -4.59. The molecule has 20 heavy (non-hydrogen) atoms. The third-order valence-corrected chi connectivity index (χ3v) is 3.93. The highest BCUT2D eigenvalue weighted by Gasteiger charge is 2.31. The second kappa shape index (κ2) is 6.64. The highest BCUT2D eigenvalue weighted by molar-refractivity contribution is 7.92. The number of sulfonamides is 1. The van der Waals surface area contributed by atoms with Gasteiger partial charge < -0.3 is 5.32 Å². The van der Waals surface area contributed by atoms with Crippen molar-refractivity contribution < 1.29 is 21.6 Å². The number of hydrogen-bond acceptors (Lipinski definition) is 3. The van der Waals surface area contributed by atoms with E-state index in [0.29, 0.717) is 19.0 Å². The summed E-state index contributed by atoms with van der Waals surface area (Å²) in [6.07, 6.45) is -4.24. The van der Waals surface area contributed by atoms with Gasteiger partial charge in [-0.1, -0.05) is 11.6 Å². The van der Waals surface area contributed by atoms with Crippen LogP contribution in [0.15, 0.2) is 18.2 Å². The highest BCUT2D eigenvalue weighted by atomic mass is 35.5. The third kappa shape index (κ3) is 5.56. The van der Waals surface area contributed by atoms with Gasteiger partial charge in [0.1, 0.15) is 0 Å². The summed E-state index contributed by atoms with van der Waals surface area (Å²) >= 11 is 5.57. The molecule has 0 saturated carbocycles. The van der Waals surface area contributed by atoms with E-state index in [1.807, 2.05) is 0 Å². The Morgan fingerprint density at radius 3 is 2.45 bits per heavy atom. The maximum atomic E-state index is 12.6. The van der Waals surface area contributed by atoms with Gasteiger partial charge in [-0.2, -0.15) is 13.2 Å². The predicted molar refractivity (Wildman–Crippen MR) is 72.4 cm³/mol. The average molecular weight is 331 g/mol. The Bertz CT molecular complexity index is 561. The molecule has 2 N–H and O–H groups in total. The van der Waals surface area contributed by atoms with Crippen molar-refractivity contribution in [2.45, 2.75) is 12.6 Å². The molecule has 0 unspecified atom stereocenters. The summed E-state index contributed by atoms with van der Waals surface area (Å²) in [6.45, 7) is 0.490. The van der Waals surface area contributed by atoms with Gasteiger partial charge in [-0.3, -0.25) is 4.72 Å². The molecule has 0 aliphatic heterocycles. The summed E-state index contributed by atoms with van der Waals surface area (Å²) in [7, 11) is -2.03. The van der Waals surface area contributed by atoms with Crippen molar-refractivity contribution in [3.63, 3.8) is 0 Å². The number of hydrogen-bond donors (Lipinski definition) is 2. The Kier molecular flexibility index (Phi) is 5.67. The second-order valence-corrected chi connectivity index (χ2v) is 6.38. The van der Waals surface area contributed by atoms with E-state index in [2.05, 4.69) is 10.0 Å². The number of halogens is 4. The van der Waals surface area contributed by atoms with E-state index < -0.39 is 21.8 Å². The van der Waals surface area contributed by atoms with Gasteiger partial charge >= 0.3 is 6.18 Å². The summed E-state index contributed by atoms with van der Waals surface area (Å²) in [5.41, 5.74) is -1.20. The number of alkyl halides is 3. The fraction of sp³-hybridized carbons (Fsp3) is 0.455. The summed E-state index contributed by atoms with van der Waals surface area (Å²) in [4.78, 5) is 0. The summed E-state index contributed by atoms with van der Waals surface area (Å²) < 4.78 is 63.2. The monoisotopic (exact) mass is 330 g/mol. The lowest BCUT2D eigenvalue weighted by molar-refractivity contribution is -0.137. The molecular weight excluding hydrogens is 317 g/mol. The van der Waals surface area contributed by atoms with Gasteiger partial charge in [0.05, 0.1) is 17.0 Å². The van der Waals surface area contributed by atoms with Gasteiger partial charge in [-0.05, 0) is 38.2 Å². The van der Waals surface area contributed by atoms with E-state index in [1.54, 1.807) is 7.05 Å². The van der Waals surface area contributed by atoms with Crippen molar-refractivity contribution in [3.8, 4) is 0 Å². The smallest absolute Gasteiger partial charge is 0.320 e. The molecule has 1 rings (SSSR count). The van der Waals surface area contributed by atoms with Crippen LogP contribution in [0.25, 0.3) is 0 Å². The molecule has 0 aliphatic rings. The molecule has 0 fully saturated rings. The van der Waals surface area contributed by atoms with Crippen molar-refractivity contribution in [2.75, 3.05) is 24.1 Å². The molecule has 0 aliphatic carbocycles. The molecule has 0 heterocycles. The quantitative estimate of drug-likeness (QED) is 0.788. The van der Waals surface area contributed by atoms with Crippen LogP contribution < -0.4 is 10.0 Å². The van der Waals surface area contributed by atoms with E-state index in [4.69, 9.17) is 11.6 Å². The molecule has 1 aromatic rings. The van der Waals surface area contributed by atoms with Crippen molar-refractivity contribution in [1.29, 1.82) is 0 Å². The lowest BCUT2D eigenvalue weighted by atomic mass is 10.2. The van der Waals surface area contributed by atoms with Gasteiger partial charge in [0.15, 0.2) is 0 Å². The minimum absolute atomic E-state index is 0.187. The molecule has 0 aromatic heterocycles. The van der Waals surface area contributed by atoms with Crippen molar-refractivity contribution in [3.05, 3.63) is 28.8 Å². The number of rotatable bonds is 6. The predicted octanol–water partition coefficient (Wildman–Crippen LogP) is 2.71. The first-order valence-electron chi connectivity index (χ1n) is 5.67. The zero-order valence-corrected chi connectivity index (χ0v) is 12.2. The molecule has 1 aromatic carbocycles. The zero-order chi connectivity index (χ0) is 15.4. The lowest BCUT2D eigenvalue weighted by Crippen LogP contribution is -2.20. The third-order valence-electron chi connectivity index (χ3n) is 2.34. The molecular formula is C11H14ClF3N2O2S. The van der Waals surface area contributed by atoms with Crippen molar-refractivity contribution in [2.24, 2.45) is 0 Å². The van der Waals surface area contributed by atoms with Crippen LogP contribution in [0.1, 0.15) is 12.0 Å². The molecule has 114 valence electrons. The van der Waals surface area contributed by atoms with Crippen molar-refractivity contribution >= 4 is 27.3 Å². The van der Waals surface area contributed by atoms with Crippen LogP contribution in [-0.2, 0) is 16.2 Å². The Labute approximate surface area is 120 Å². The standard InChI is InChI=1S/C11H14ClF3N2O2S/c1-16-3-2-4-20(18,19)17-10-6-8(11(13,14)15)5-9(12)7-10/h5-7,16-17H,2-4H2,1H3. The lowest BCUT2D eigenvalue weighted by Gasteiger charge is -2.12. The Morgan fingerprint density at radius 1 is 1.25 bits per heavy atom. The van der Waals surface area contributed by atoms with Crippen LogP contribution >= 0.6 is 11.6 Å². The first-order chi connectivity index (χ1) is 9.14. The Hall–Kier alpha value is -0.990. The van der Waals surface area contributed by atoms with Crippen LogP contribution in [0.3, 0.4) is 0 Å². The molecule has 0 amide bonds. The van der Waals surface area contributed by atoms with E-state index in [1.165, 1.54) is 0 Å². The Morgan fingerprint density at radius 2 is 1.90 bits per heavy atom. The fourth-order valence-electron chi connectivity index (χ4n) is 1.48. The average Bonchev–Trinajstić information content (AvgIpc) is 2.26. The summed E-state index contributed by atoms with van der Waals surface area (Å²) in [5, 5.41) is 2.59. The molecule has 0 saturated heterocycles. The maximum absolute atomic E-state index is 12.6.